The number of aldehydes is 1. The summed E-state index contributed by atoms with van der Waals surface area (Å²) in [5.74, 6) is 0. The minimum atomic E-state index is -4.46. The summed E-state index contributed by atoms with van der Waals surface area (Å²) in [6.07, 6.45) is -2.62. The van der Waals surface area contributed by atoms with Gasteiger partial charge in [0.1, 0.15) is 11.3 Å². The van der Waals surface area contributed by atoms with Crippen molar-refractivity contribution in [2.24, 2.45) is 0 Å². The summed E-state index contributed by atoms with van der Waals surface area (Å²) < 4.78 is 39.7. The first-order valence-corrected chi connectivity index (χ1v) is 6.97. The number of halogens is 3. The van der Waals surface area contributed by atoms with E-state index in [9.17, 15) is 18.0 Å². The molecule has 0 radical (unpaired) electrons. The molecule has 3 rings (SSSR count). The lowest BCUT2D eigenvalue weighted by Crippen LogP contribution is -2.07. The predicted octanol–water partition coefficient (Wildman–Crippen LogP) is 4.06. The molecule has 3 aromatic rings. The second-order valence-electron chi connectivity index (χ2n) is 5.37. The van der Waals surface area contributed by atoms with Gasteiger partial charge in [-0.05, 0) is 24.6 Å². The molecule has 3 nitrogen and oxygen atoms in total. The van der Waals surface area contributed by atoms with Crippen LogP contribution >= 0.6 is 0 Å². The van der Waals surface area contributed by atoms with Crippen LogP contribution in [-0.2, 0) is 12.6 Å². The summed E-state index contributed by atoms with van der Waals surface area (Å²) in [5, 5.41) is 0. The van der Waals surface area contributed by atoms with Gasteiger partial charge in [-0.2, -0.15) is 13.2 Å². The summed E-state index contributed by atoms with van der Waals surface area (Å²) in [4.78, 5) is 15.7. The molecule has 0 N–H and O–H groups in total. The Balaban J connectivity index is 2.09. The molecule has 0 atom stereocenters. The number of carbonyl (C=O) groups excluding carboxylic acids is 1. The van der Waals surface area contributed by atoms with E-state index >= 15 is 0 Å². The number of fused-ring (bicyclic) bond motifs is 1. The van der Waals surface area contributed by atoms with Crippen LogP contribution in [0.25, 0.3) is 5.65 Å². The number of hydrogen-bond donors (Lipinski definition) is 0. The number of carbonyl (C=O) groups is 1. The normalized spacial score (nSPS) is 11.8. The lowest BCUT2D eigenvalue weighted by molar-refractivity contribution is -0.137. The van der Waals surface area contributed by atoms with Crippen molar-refractivity contribution >= 4 is 11.9 Å². The van der Waals surface area contributed by atoms with Crippen molar-refractivity contribution in [1.29, 1.82) is 0 Å². The maximum atomic E-state index is 12.8. The molecule has 2 heterocycles. The minimum absolute atomic E-state index is 0.146. The summed E-state index contributed by atoms with van der Waals surface area (Å²) in [7, 11) is 0. The van der Waals surface area contributed by atoms with Crippen molar-refractivity contribution in [3.05, 3.63) is 70.7 Å². The Morgan fingerprint density at radius 1 is 1.22 bits per heavy atom. The van der Waals surface area contributed by atoms with Crippen molar-refractivity contribution in [2.45, 2.75) is 19.5 Å². The lowest BCUT2D eigenvalue weighted by Gasteiger charge is -2.07. The minimum Gasteiger partial charge on any atom is -0.296 e. The zero-order valence-electron chi connectivity index (χ0n) is 12.3. The highest BCUT2D eigenvalue weighted by Gasteiger charge is 2.31. The topological polar surface area (TPSA) is 34.4 Å². The number of benzene rings is 1. The molecule has 0 saturated carbocycles. The summed E-state index contributed by atoms with van der Waals surface area (Å²) in [6, 6.07) is 9.93. The van der Waals surface area contributed by atoms with E-state index in [1.165, 1.54) is 10.5 Å². The quantitative estimate of drug-likeness (QED) is 0.682. The number of pyridine rings is 1. The molecule has 1 aromatic carbocycles. The first-order valence-electron chi connectivity index (χ1n) is 6.97. The molecule has 0 aliphatic heterocycles. The van der Waals surface area contributed by atoms with E-state index in [0.717, 1.165) is 23.4 Å². The highest BCUT2D eigenvalue weighted by Crippen LogP contribution is 2.30. The SMILES string of the molecule is Cc1cccc(Cc2nc3ccc(C(F)(F)F)cn3c2C=O)c1. The van der Waals surface area contributed by atoms with Crippen LogP contribution in [0.3, 0.4) is 0 Å². The van der Waals surface area contributed by atoms with Gasteiger partial charge in [-0.3, -0.25) is 9.20 Å². The van der Waals surface area contributed by atoms with Gasteiger partial charge in [0, 0.05) is 12.6 Å². The van der Waals surface area contributed by atoms with E-state index in [4.69, 9.17) is 0 Å². The third kappa shape index (κ3) is 2.97. The summed E-state index contributed by atoms with van der Waals surface area (Å²) in [6.45, 7) is 1.95. The maximum Gasteiger partial charge on any atom is 0.417 e. The van der Waals surface area contributed by atoms with Crippen LogP contribution in [0.1, 0.15) is 32.9 Å². The summed E-state index contributed by atoms with van der Waals surface area (Å²) in [5.41, 5.74) is 2.14. The predicted molar refractivity (Wildman–Crippen MR) is 79.6 cm³/mol. The van der Waals surface area contributed by atoms with Gasteiger partial charge in [0.2, 0.25) is 0 Å². The number of imidazole rings is 1. The van der Waals surface area contributed by atoms with Crippen molar-refractivity contribution in [3.8, 4) is 0 Å². The zero-order chi connectivity index (χ0) is 16.6. The molecule has 118 valence electrons. The fourth-order valence-electron chi connectivity index (χ4n) is 2.55. The first kappa shape index (κ1) is 15.3. The fraction of sp³-hybridized carbons (Fsp3) is 0.176. The molecule has 0 saturated heterocycles. The third-order valence-corrected chi connectivity index (χ3v) is 3.62. The highest BCUT2D eigenvalue weighted by atomic mass is 19.4. The Bertz CT molecular complexity index is 881. The smallest absolute Gasteiger partial charge is 0.296 e. The van der Waals surface area contributed by atoms with Gasteiger partial charge in [-0.15, -0.1) is 0 Å². The van der Waals surface area contributed by atoms with E-state index in [1.807, 2.05) is 31.2 Å². The third-order valence-electron chi connectivity index (χ3n) is 3.62. The van der Waals surface area contributed by atoms with Crippen LogP contribution in [0.5, 0.6) is 0 Å². The van der Waals surface area contributed by atoms with Crippen molar-refractivity contribution in [2.75, 3.05) is 0 Å². The van der Waals surface area contributed by atoms with Crippen molar-refractivity contribution in [3.63, 3.8) is 0 Å². The molecular formula is C17H13F3N2O. The number of alkyl halides is 3. The summed E-state index contributed by atoms with van der Waals surface area (Å²) >= 11 is 0. The second-order valence-corrected chi connectivity index (χ2v) is 5.37. The largest absolute Gasteiger partial charge is 0.417 e. The number of aromatic nitrogens is 2. The molecule has 0 amide bonds. The van der Waals surface area contributed by atoms with Gasteiger partial charge >= 0.3 is 6.18 Å². The maximum absolute atomic E-state index is 12.8. The molecule has 0 aliphatic rings. The first-order chi connectivity index (χ1) is 10.9. The molecule has 0 bridgehead atoms. The number of hydrogen-bond acceptors (Lipinski definition) is 2. The van der Waals surface area contributed by atoms with E-state index in [-0.39, 0.29) is 5.69 Å². The Morgan fingerprint density at radius 2 is 2.00 bits per heavy atom. The number of aryl methyl sites for hydroxylation is 1. The number of nitrogens with zero attached hydrogens (tertiary/aromatic N) is 2. The Kier molecular flexibility index (Phi) is 3.67. The molecular weight excluding hydrogens is 305 g/mol. The van der Waals surface area contributed by atoms with Gasteiger partial charge in [-0.25, -0.2) is 4.98 Å². The van der Waals surface area contributed by atoms with Gasteiger partial charge < -0.3 is 0 Å². The average molecular weight is 318 g/mol. The van der Waals surface area contributed by atoms with Gasteiger partial charge in [0.05, 0.1) is 11.3 Å². The standard InChI is InChI=1S/C17H13F3N2O/c1-11-3-2-4-12(7-11)8-14-15(10-23)22-9-13(17(18,19)20)5-6-16(22)21-14/h2-7,9-10H,8H2,1H3. The zero-order valence-corrected chi connectivity index (χ0v) is 12.3. The Hall–Kier alpha value is -2.63. The van der Waals surface area contributed by atoms with Crippen LogP contribution in [-0.4, -0.2) is 15.7 Å². The molecule has 23 heavy (non-hydrogen) atoms. The molecule has 0 unspecified atom stereocenters. The highest BCUT2D eigenvalue weighted by molar-refractivity contribution is 5.76. The second kappa shape index (κ2) is 5.53. The van der Waals surface area contributed by atoms with Crippen LogP contribution in [0, 0.1) is 6.92 Å². The molecule has 0 aliphatic carbocycles. The molecule has 0 spiro atoms. The van der Waals surface area contributed by atoms with Crippen LogP contribution < -0.4 is 0 Å². The Morgan fingerprint density at radius 3 is 2.65 bits per heavy atom. The monoisotopic (exact) mass is 318 g/mol. The van der Waals surface area contributed by atoms with E-state index in [0.29, 0.717) is 24.0 Å². The van der Waals surface area contributed by atoms with Crippen LogP contribution in [0.15, 0.2) is 42.6 Å². The molecule has 2 aromatic heterocycles. The van der Waals surface area contributed by atoms with Crippen molar-refractivity contribution in [1.82, 2.24) is 9.38 Å². The molecule has 0 fully saturated rings. The van der Waals surface area contributed by atoms with Gasteiger partial charge in [-0.1, -0.05) is 29.8 Å². The van der Waals surface area contributed by atoms with E-state index in [2.05, 4.69) is 4.98 Å². The van der Waals surface area contributed by atoms with E-state index in [1.54, 1.807) is 0 Å². The average Bonchev–Trinajstić information content (AvgIpc) is 2.82. The Labute approximate surface area is 130 Å². The van der Waals surface area contributed by atoms with E-state index < -0.39 is 11.7 Å². The van der Waals surface area contributed by atoms with Gasteiger partial charge in [0.25, 0.3) is 0 Å². The molecule has 6 heteroatoms. The van der Waals surface area contributed by atoms with Crippen molar-refractivity contribution < 1.29 is 18.0 Å². The van der Waals surface area contributed by atoms with Crippen LogP contribution in [0.4, 0.5) is 13.2 Å². The lowest BCUT2D eigenvalue weighted by atomic mass is 10.1. The van der Waals surface area contributed by atoms with Crippen LogP contribution in [0.2, 0.25) is 0 Å². The number of rotatable bonds is 3. The fourth-order valence-corrected chi connectivity index (χ4v) is 2.55. The van der Waals surface area contributed by atoms with Gasteiger partial charge in [0.15, 0.2) is 6.29 Å².